The first-order valence-corrected chi connectivity index (χ1v) is 6.71. The van der Waals surface area contributed by atoms with Crippen molar-refractivity contribution in [1.29, 1.82) is 0 Å². The molecule has 10 nitrogen and oxygen atoms in total. The van der Waals surface area contributed by atoms with Crippen LogP contribution >= 0.6 is 0 Å². The number of aromatic amines is 1. The third-order valence-corrected chi connectivity index (χ3v) is 3.18. The van der Waals surface area contributed by atoms with Gasteiger partial charge in [-0.3, -0.25) is 14.6 Å². The molecule has 0 saturated heterocycles. The van der Waals surface area contributed by atoms with Crippen LogP contribution in [-0.4, -0.2) is 52.6 Å². The summed E-state index contributed by atoms with van der Waals surface area (Å²) in [6, 6.07) is 0.0426. The number of tetrazole rings is 1. The molecule has 1 amide bonds. The molecule has 2 N–H and O–H groups in total. The number of amides is 1. The Morgan fingerprint density at radius 2 is 2.32 bits per heavy atom. The fourth-order valence-corrected chi connectivity index (χ4v) is 1.99. The molecule has 3 heterocycles. The summed E-state index contributed by atoms with van der Waals surface area (Å²) in [6.45, 7) is 4.39. The lowest BCUT2D eigenvalue weighted by molar-refractivity contribution is 0.0948. The monoisotopic (exact) mass is 301 g/mol. The molecule has 0 aliphatic carbocycles. The summed E-state index contributed by atoms with van der Waals surface area (Å²) in [5.74, 6) is 0.167. The van der Waals surface area contributed by atoms with Crippen molar-refractivity contribution in [2.24, 2.45) is 0 Å². The van der Waals surface area contributed by atoms with Crippen LogP contribution < -0.4 is 5.32 Å². The zero-order valence-corrected chi connectivity index (χ0v) is 12.1. The Labute approximate surface area is 125 Å². The fraction of sp³-hybridized carbons (Fsp3) is 0.333. The highest BCUT2D eigenvalue weighted by Crippen LogP contribution is 2.09. The van der Waals surface area contributed by atoms with Gasteiger partial charge in [-0.15, -0.1) is 5.10 Å². The first-order valence-electron chi connectivity index (χ1n) is 6.71. The Morgan fingerprint density at radius 1 is 1.45 bits per heavy atom. The summed E-state index contributed by atoms with van der Waals surface area (Å²) in [6.07, 6.45) is 6.54. The summed E-state index contributed by atoms with van der Waals surface area (Å²) >= 11 is 0. The minimum Gasteiger partial charge on any atom is -0.350 e. The average Bonchev–Trinajstić information content (AvgIpc) is 3.23. The van der Waals surface area contributed by atoms with Crippen molar-refractivity contribution in [3.63, 3.8) is 0 Å². The lowest BCUT2D eigenvalue weighted by atomic mass is 10.2. The minimum absolute atomic E-state index is 0.0426. The lowest BCUT2D eigenvalue weighted by Gasteiger charge is -2.13. The number of carbonyl (C=O) groups is 1. The molecule has 0 unspecified atom stereocenters. The molecule has 0 spiro atoms. The zero-order valence-electron chi connectivity index (χ0n) is 12.1. The van der Waals surface area contributed by atoms with E-state index in [4.69, 9.17) is 0 Å². The molecule has 22 heavy (non-hydrogen) atoms. The molecule has 1 atom stereocenters. The van der Waals surface area contributed by atoms with E-state index in [1.807, 2.05) is 24.7 Å². The van der Waals surface area contributed by atoms with Gasteiger partial charge in [-0.05, 0) is 29.8 Å². The van der Waals surface area contributed by atoms with Gasteiger partial charge in [-0.2, -0.15) is 14.9 Å². The lowest BCUT2D eigenvalue weighted by Crippen LogP contribution is -2.30. The van der Waals surface area contributed by atoms with E-state index in [-0.39, 0.29) is 11.9 Å². The Kier molecular flexibility index (Phi) is 3.64. The maximum absolute atomic E-state index is 12.3. The van der Waals surface area contributed by atoms with E-state index in [0.717, 1.165) is 5.56 Å². The predicted octanol–water partition coefficient (Wildman–Crippen LogP) is -0.119. The van der Waals surface area contributed by atoms with Crippen LogP contribution in [0.15, 0.2) is 24.9 Å². The van der Waals surface area contributed by atoms with Crippen LogP contribution in [0, 0.1) is 6.92 Å². The molecule has 0 saturated carbocycles. The smallest absolute Gasteiger partial charge is 0.256 e. The van der Waals surface area contributed by atoms with Crippen LogP contribution in [-0.2, 0) is 0 Å². The van der Waals surface area contributed by atoms with E-state index in [1.165, 1.54) is 17.2 Å². The summed E-state index contributed by atoms with van der Waals surface area (Å²) in [5.41, 5.74) is 1.45. The number of hydrogen-bond acceptors (Lipinski definition) is 6. The number of hydrogen-bond donors (Lipinski definition) is 2. The average molecular weight is 301 g/mol. The number of carbonyl (C=O) groups excluding carboxylic acids is 1. The van der Waals surface area contributed by atoms with Crippen molar-refractivity contribution in [3.8, 4) is 5.82 Å². The second-order valence-electron chi connectivity index (χ2n) is 4.94. The number of nitrogens with one attached hydrogen (secondary N) is 2. The molecule has 0 bridgehead atoms. The third-order valence-electron chi connectivity index (χ3n) is 3.18. The van der Waals surface area contributed by atoms with Crippen LogP contribution in [0.1, 0.15) is 28.9 Å². The molecule has 0 fully saturated rings. The molecular formula is C12H15N9O. The number of H-pyrrole nitrogens is 1. The van der Waals surface area contributed by atoms with Gasteiger partial charge in [0.15, 0.2) is 5.82 Å². The van der Waals surface area contributed by atoms with Gasteiger partial charge < -0.3 is 5.32 Å². The van der Waals surface area contributed by atoms with E-state index >= 15 is 0 Å². The van der Waals surface area contributed by atoms with E-state index in [1.54, 1.807) is 6.20 Å². The van der Waals surface area contributed by atoms with E-state index in [0.29, 0.717) is 17.9 Å². The van der Waals surface area contributed by atoms with Gasteiger partial charge in [0.1, 0.15) is 11.9 Å². The molecule has 0 aliphatic rings. The standard InChI is InChI=1S/C12H15N9O/c1-8-3-16-20(6-8)9(2)4-13-12(22)10-5-14-17-11(10)21-7-15-18-19-21/h3,5-7,9H,4H2,1-2H3,(H,13,22)(H,14,17)/t9-/m0/s1. The first kappa shape index (κ1) is 13.9. The minimum atomic E-state index is -0.255. The van der Waals surface area contributed by atoms with Gasteiger partial charge in [0.05, 0.1) is 18.4 Å². The normalized spacial score (nSPS) is 12.3. The fourth-order valence-electron chi connectivity index (χ4n) is 1.99. The summed E-state index contributed by atoms with van der Waals surface area (Å²) in [4.78, 5) is 12.3. The highest BCUT2D eigenvalue weighted by atomic mass is 16.1. The molecule has 0 aromatic carbocycles. The molecule has 3 rings (SSSR count). The molecule has 0 aliphatic heterocycles. The van der Waals surface area contributed by atoms with Crippen molar-refractivity contribution in [1.82, 2.24) is 45.5 Å². The molecule has 0 radical (unpaired) electrons. The maximum atomic E-state index is 12.3. The van der Waals surface area contributed by atoms with Crippen molar-refractivity contribution < 1.29 is 4.79 Å². The van der Waals surface area contributed by atoms with Crippen LogP contribution in [0.25, 0.3) is 5.82 Å². The largest absolute Gasteiger partial charge is 0.350 e. The predicted molar refractivity (Wildman–Crippen MR) is 75.3 cm³/mol. The molecule has 114 valence electrons. The second kappa shape index (κ2) is 5.76. The van der Waals surface area contributed by atoms with E-state index in [9.17, 15) is 4.79 Å². The van der Waals surface area contributed by atoms with Gasteiger partial charge in [-0.1, -0.05) is 0 Å². The molecular weight excluding hydrogens is 286 g/mol. The van der Waals surface area contributed by atoms with Gasteiger partial charge in [-0.25, -0.2) is 0 Å². The molecule has 3 aromatic heterocycles. The van der Waals surface area contributed by atoms with Crippen molar-refractivity contribution in [2.45, 2.75) is 19.9 Å². The number of aromatic nitrogens is 8. The van der Waals surface area contributed by atoms with Crippen LogP contribution in [0.3, 0.4) is 0 Å². The first-order chi connectivity index (χ1) is 10.6. The SMILES string of the molecule is Cc1cnn([C@@H](C)CNC(=O)c2cn[nH]c2-n2cnnn2)c1. The number of rotatable bonds is 5. The second-order valence-corrected chi connectivity index (χ2v) is 4.94. The quantitative estimate of drug-likeness (QED) is 0.678. The van der Waals surface area contributed by atoms with Crippen molar-refractivity contribution >= 4 is 5.91 Å². The number of nitrogens with zero attached hydrogens (tertiary/aromatic N) is 7. The topological polar surface area (TPSA) is 119 Å². The highest BCUT2D eigenvalue weighted by Gasteiger charge is 2.17. The van der Waals surface area contributed by atoms with E-state index < -0.39 is 0 Å². The Bertz CT molecular complexity index is 757. The third kappa shape index (κ3) is 2.71. The van der Waals surface area contributed by atoms with Crippen molar-refractivity contribution in [2.75, 3.05) is 6.54 Å². The number of aryl methyl sites for hydroxylation is 1. The summed E-state index contributed by atoms with van der Waals surface area (Å²) in [7, 11) is 0. The Hall–Kier alpha value is -3.04. The maximum Gasteiger partial charge on any atom is 0.256 e. The molecule has 3 aromatic rings. The van der Waals surface area contributed by atoms with Crippen LogP contribution in [0.5, 0.6) is 0 Å². The summed E-state index contributed by atoms with van der Waals surface area (Å²) in [5, 5.41) is 24.5. The summed E-state index contributed by atoms with van der Waals surface area (Å²) < 4.78 is 3.16. The zero-order chi connectivity index (χ0) is 15.5. The van der Waals surface area contributed by atoms with Gasteiger partial charge in [0.2, 0.25) is 0 Å². The van der Waals surface area contributed by atoms with Gasteiger partial charge >= 0.3 is 0 Å². The van der Waals surface area contributed by atoms with Gasteiger partial charge in [0.25, 0.3) is 5.91 Å². The highest BCUT2D eigenvalue weighted by molar-refractivity contribution is 5.96. The van der Waals surface area contributed by atoms with Gasteiger partial charge in [0, 0.05) is 12.7 Å². The van der Waals surface area contributed by atoms with E-state index in [2.05, 4.69) is 36.1 Å². The van der Waals surface area contributed by atoms with Crippen LogP contribution in [0.2, 0.25) is 0 Å². The Balaban J connectivity index is 1.67. The van der Waals surface area contributed by atoms with Crippen molar-refractivity contribution in [3.05, 3.63) is 36.0 Å². The molecule has 10 heteroatoms. The van der Waals surface area contributed by atoms with Crippen LogP contribution in [0.4, 0.5) is 0 Å². The Morgan fingerprint density at radius 3 is 3.00 bits per heavy atom.